The van der Waals surface area contributed by atoms with Gasteiger partial charge in [-0.15, -0.1) is 0 Å². The highest BCUT2D eigenvalue weighted by molar-refractivity contribution is 7.53. The van der Waals surface area contributed by atoms with Crippen molar-refractivity contribution in [1.82, 2.24) is 5.32 Å². The number of carbonyl (C=O) groups excluding carboxylic acids is 3. The summed E-state index contributed by atoms with van der Waals surface area (Å²) in [6, 6.07) is 0. The molecule has 1 atom stereocenters. The van der Waals surface area contributed by atoms with E-state index in [1.807, 2.05) is 61.5 Å². The Bertz CT molecular complexity index is 2890. The van der Waals surface area contributed by atoms with Gasteiger partial charge in [0, 0.05) is 53.6 Å². The van der Waals surface area contributed by atoms with E-state index in [2.05, 4.69) is 9.84 Å². The number of phenols is 3. The van der Waals surface area contributed by atoms with Crippen LogP contribution in [-0.2, 0) is 90.8 Å². The minimum absolute atomic E-state index is 0.00320. The maximum Gasteiger partial charge on any atom is 0.342 e. The number of allylic oxidation sites excluding steroid dienone is 5. The third kappa shape index (κ3) is 15.4. The van der Waals surface area contributed by atoms with E-state index in [1.54, 1.807) is 19.1 Å². The zero-order valence-electron chi connectivity index (χ0n) is 43.8. The van der Waals surface area contributed by atoms with Gasteiger partial charge in [-0.25, -0.2) is 14.4 Å². The van der Waals surface area contributed by atoms with Gasteiger partial charge >= 0.3 is 40.7 Å². The molecule has 19 nitrogen and oxygen atoms in total. The Morgan fingerprint density at radius 2 is 0.932 bits per heavy atom. The average Bonchev–Trinajstić information content (AvgIpc) is 4.05. The second kappa shape index (κ2) is 26.2. The standard InChI is InChI=1S/C18H26NO6P.2C17H23O6P/c1-4-13-12(3)15-10-25-18(21)16(15)17(20)14(13)6-5-11(2)9-19-7-8-26(22,23)24;1-5-12-11(3)14-8-23-17(19)15(14)16(18)13(12)7-6-10(2)9-24(20,21)22-4;1-4-11(9-24(20,21)22)6-7-13-12(5-2)10(3)14-8-23-17(19)15(14)16(13)18/h5,19-20H,4,6-10H2,1-3H3,(H2,22,23,24);6,18H,5,7-9H2,1-4H3,(H,20,21);6,18H,4-5,7-9H2,1-3H3,(H2,20,21,22)/b11-5+;10-6+;11-6+. The Hall–Kier alpha value is -4.90. The number of hydrogen-bond acceptors (Lipinski definition) is 14. The van der Waals surface area contributed by atoms with Crippen molar-refractivity contribution in [2.24, 2.45) is 0 Å². The van der Waals surface area contributed by atoms with Crippen LogP contribution in [0.3, 0.4) is 0 Å². The van der Waals surface area contributed by atoms with Crippen molar-refractivity contribution >= 4 is 40.7 Å². The summed E-state index contributed by atoms with van der Waals surface area (Å²) in [6.45, 7) is 18.5. The molecule has 0 amide bonds. The van der Waals surface area contributed by atoms with Gasteiger partial charge in [0.15, 0.2) is 0 Å². The first-order valence-corrected chi connectivity index (χ1v) is 29.7. The Morgan fingerprint density at radius 3 is 1.26 bits per heavy atom. The number of fused-ring (bicyclic) bond motifs is 3. The number of phenolic OH excluding ortho intramolecular Hbond substituents is 3. The molecule has 0 aliphatic carbocycles. The van der Waals surface area contributed by atoms with Gasteiger partial charge in [-0.2, -0.15) is 0 Å². The lowest BCUT2D eigenvalue weighted by Gasteiger charge is -2.16. The van der Waals surface area contributed by atoms with Crippen LogP contribution in [-0.4, -0.2) is 96.4 Å². The number of nitrogens with one attached hydrogen (secondary N) is 1. The van der Waals surface area contributed by atoms with E-state index in [-0.39, 0.29) is 78.8 Å². The van der Waals surface area contributed by atoms with Crippen LogP contribution in [0.4, 0.5) is 0 Å². The minimum Gasteiger partial charge on any atom is -0.507 e. The Morgan fingerprint density at radius 1 is 0.568 bits per heavy atom. The first kappa shape index (κ1) is 61.6. The fourth-order valence-electron chi connectivity index (χ4n) is 9.43. The number of cyclic esters (lactones) is 3. The molecule has 0 aromatic heterocycles. The summed E-state index contributed by atoms with van der Waals surface area (Å²) in [7, 11) is -10.5. The molecule has 3 aromatic rings. The highest BCUT2D eigenvalue weighted by Crippen LogP contribution is 2.44. The van der Waals surface area contributed by atoms with Crippen LogP contribution in [0.5, 0.6) is 17.2 Å². The van der Waals surface area contributed by atoms with Crippen molar-refractivity contribution in [3.05, 3.63) is 118 Å². The van der Waals surface area contributed by atoms with E-state index in [9.17, 15) is 48.3 Å². The molecule has 408 valence electrons. The molecule has 3 heterocycles. The second-order valence-corrected chi connectivity index (χ2v) is 23.8. The molecular formula is C52H72NO18P3. The zero-order chi connectivity index (χ0) is 55.6. The largest absolute Gasteiger partial charge is 0.507 e. The third-order valence-electron chi connectivity index (χ3n) is 13.5. The van der Waals surface area contributed by atoms with Gasteiger partial charge in [0.05, 0.1) is 18.5 Å². The van der Waals surface area contributed by atoms with Gasteiger partial charge in [0.2, 0.25) is 0 Å². The fourth-order valence-corrected chi connectivity index (χ4v) is 11.7. The number of ether oxygens (including phenoxy) is 3. The maximum atomic E-state index is 11.9. The average molecular weight is 1090 g/mol. The monoisotopic (exact) mass is 1090 g/mol. The number of benzene rings is 3. The molecule has 9 N–H and O–H groups in total. The lowest BCUT2D eigenvalue weighted by molar-refractivity contribution is 0.0523. The topological polar surface area (TPSA) is 313 Å². The van der Waals surface area contributed by atoms with Crippen LogP contribution in [0, 0.1) is 20.8 Å². The quantitative estimate of drug-likeness (QED) is 0.0168. The van der Waals surface area contributed by atoms with Crippen LogP contribution in [0.1, 0.15) is 146 Å². The molecule has 22 heteroatoms. The summed E-state index contributed by atoms with van der Waals surface area (Å²) in [5.74, 6) is -1.62. The van der Waals surface area contributed by atoms with Crippen molar-refractivity contribution in [2.45, 2.75) is 127 Å². The molecular weight excluding hydrogens is 1020 g/mol. The smallest absolute Gasteiger partial charge is 0.342 e. The Kier molecular flexibility index (Phi) is 21.9. The molecule has 0 saturated heterocycles. The summed E-state index contributed by atoms with van der Waals surface area (Å²) >= 11 is 0. The van der Waals surface area contributed by atoms with E-state index in [1.165, 1.54) is 7.11 Å². The molecule has 3 aliphatic heterocycles. The zero-order valence-corrected chi connectivity index (χ0v) is 46.5. The van der Waals surface area contributed by atoms with Crippen molar-refractivity contribution in [3.8, 4) is 17.2 Å². The summed E-state index contributed by atoms with van der Waals surface area (Å²) in [4.78, 5) is 81.1. The van der Waals surface area contributed by atoms with E-state index in [0.29, 0.717) is 67.3 Å². The number of aromatic hydroxyl groups is 3. The molecule has 3 aliphatic rings. The van der Waals surface area contributed by atoms with E-state index in [0.717, 1.165) is 67.6 Å². The maximum absolute atomic E-state index is 11.9. The first-order chi connectivity index (χ1) is 34.6. The molecule has 0 saturated carbocycles. The second-order valence-electron chi connectivity index (χ2n) is 18.4. The van der Waals surface area contributed by atoms with Gasteiger partial charge in [0.1, 0.15) is 53.8 Å². The van der Waals surface area contributed by atoms with Crippen LogP contribution in [0.15, 0.2) is 34.9 Å². The van der Waals surface area contributed by atoms with Gasteiger partial charge in [-0.1, -0.05) is 62.6 Å². The van der Waals surface area contributed by atoms with Crippen molar-refractivity contribution in [3.63, 3.8) is 0 Å². The number of hydrogen-bond donors (Lipinski definition) is 9. The van der Waals surface area contributed by atoms with Crippen molar-refractivity contribution in [2.75, 3.05) is 38.7 Å². The molecule has 6 rings (SSSR count). The highest BCUT2D eigenvalue weighted by Gasteiger charge is 2.34. The predicted molar refractivity (Wildman–Crippen MR) is 279 cm³/mol. The molecule has 0 bridgehead atoms. The predicted octanol–water partition coefficient (Wildman–Crippen LogP) is 8.43. The number of rotatable bonds is 20. The van der Waals surface area contributed by atoms with E-state index < -0.39 is 40.7 Å². The summed E-state index contributed by atoms with van der Waals surface area (Å²) in [5.41, 5.74) is 13.2. The van der Waals surface area contributed by atoms with Crippen molar-refractivity contribution in [1.29, 1.82) is 0 Å². The van der Waals surface area contributed by atoms with Gasteiger partial charge in [-0.05, 0) is 113 Å². The molecule has 0 spiro atoms. The number of carbonyl (C=O) groups is 3. The van der Waals surface area contributed by atoms with Gasteiger partial charge in [0.25, 0.3) is 0 Å². The fraction of sp³-hybridized carbons (Fsp3) is 0.481. The van der Waals surface area contributed by atoms with Crippen LogP contribution < -0.4 is 5.32 Å². The summed E-state index contributed by atoms with van der Waals surface area (Å²) in [6.07, 6.45) is 8.70. The molecule has 0 fully saturated rings. The van der Waals surface area contributed by atoms with Crippen molar-refractivity contribution < 1.29 is 86.6 Å². The third-order valence-corrected chi connectivity index (χ3v) is 16.6. The molecule has 3 aromatic carbocycles. The van der Waals surface area contributed by atoms with Crippen LogP contribution in [0.2, 0.25) is 0 Å². The first-order valence-electron chi connectivity index (χ1n) is 24.3. The lowest BCUT2D eigenvalue weighted by atomic mass is 9.89. The molecule has 0 radical (unpaired) electrons. The highest BCUT2D eigenvalue weighted by atomic mass is 31.2. The summed E-state index contributed by atoms with van der Waals surface area (Å²) in [5, 5.41) is 34.7. The minimum atomic E-state index is -4.13. The normalized spacial score (nSPS) is 15.3. The van der Waals surface area contributed by atoms with Gasteiger partial charge < -0.3 is 63.8 Å². The summed E-state index contributed by atoms with van der Waals surface area (Å²) < 4.78 is 53.4. The lowest BCUT2D eigenvalue weighted by Crippen LogP contribution is -2.20. The Balaban J connectivity index is 0.000000241. The van der Waals surface area contributed by atoms with Crippen LogP contribution in [0.25, 0.3) is 0 Å². The van der Waals surface area contributed by atoms with Crippen LogP contribution >= 0.6 is 22.8 Å². The SMILES string of the molecule is CC/C(=C\Cc1c(O)c2c(c(C)c1CC)COC2=O)CP(=O)(O)O.CCc1c(C)c2c(c(O)c1C/C=C(\C)CNCCP(=O)(O)O)C(=O)OC2.CCc1c(C)c2c(c(O)c1C/C=C(\C)CP(=O)(O)OC)C(=O)OC2. The Labute approximate surface area is 432 Å². The van der Waals surface area contributed by atoms with E-state index >= 15 is 0 Å². The van der Waals surface area contributed by atoms with Gasteiger partial charge in [-0.3, -0.25) is 13.7 Å². The molecule has 74 heavy (non-hydrogen) atoms. The molecule has 1 unspecified atom stereocenters. The number of esters is 3. The van der Waals surface area contributed by atoms with E-state index in [4.69, 9.17) is 33.8 Å².